The normalized spacial score (nSPS) is 14.0. The highest BCUT2D eigenvalue weighted by Crippen LogP contribution is 2.46. The number of benzene rings is 2. The summed E-state index contributed by atoms with van der Waals surface area (Å²) >= 11 is 0. The molecule has 5 nitrogen and oxygen atoms in total. The van der Waals surface area contributed by atoms with Crippen LogP contribution in [0, 0.1) is 0 Å². The second-order valence-electron chi connectivity index (χ2n) is 5.25. The summed E-state index contributed by atoms with van der Waals surface area (Å²) in [6.07, 6.45) is 0. The van der Waals surface area contributed by atoms with E-state index in [0.29, 0.717) is 23.0 Å². The van der Waals surface area contributed by atoms with Crippen LogP contribution < -0.4 is 14.8 Å². The SMILES string of the molecule is C=NC(C)c1ccc2c(c1)Oc1ccc(C(=NC)NC)cc1O2. The number of ether oxygens (including phenoxy) is 2. The molecular weight excluding hydrogens is 290 g/mol. The second kappa shape index (κ2) is 6.12. The molecule has 2 aromatic carbocycles. The largest absolute Gasteiger partial charge is 0.450 e. The van der Waals surface area contributed by atoms with Gasteiger partial charge in [0.15, 0.2) is 23.0 Å². The first-order valence-corrected chi connectivity index (χ1v) is 7.40. The van der Waals surface area contributed by atoms with Gasteiger partial charge in [0, 0.05) is 19.7 Å². The van der Waals surface area contributed by atoms with Gasteiger partial charge in [-0.1, -0.05) is 6.07 Å². The summed E-state index contributed by atoms with van der Waals surface area (Å²) in [6, 6.07) is 11.6. The molecule has 0 spiro atoms. The summed E-state index contributed by atoms with van der Waals surface area (Å²) in [5.74, 6) is 3.53. The predicted octanol–water partition coefficient (Wildman–Crippen LogP) is 3.94. The Morgan fingerprint density at radius 3 is 2.30 bits per heavy atom. The van der Waals surface area contributed by atoms with Crippen LogP contribution in [0.25, 0.3) is 0 Å². The van der Waals surface area contributed by atoms with Crippen LogP contribution in [0.4, 0.5) is 0 Å². The zero-order valence-corrected chi connectivity index (χ0v) is 13.5. The Bertz CT molecular complexity index is 784. The molecule has 0 amide bonds. The maximum Gasteiger partial charge on any atom is 0.170 e. The first kappa shape index (κ1) is 15.1. The minimum absolute atomic E-state index is 0.0200. The van der Waals surface area contributed by atoms with Gasteiger partial charge in [-0.05, 0) is 49.5 Å². The highest BCUT2D eigenvalue weighted by atomic mass is 16.6. The quantitative estimate of drug-likeness (QED) is 0.589. The highest BCUT2D eigenvalue weighted by Gasteiger charge is 2.21. The molecule has 0 aromatic heterocycles. The van der Waals surface area contributed by atoms with E-state index < -0.39 is 0 Å². The first-order chi connectivity index (χ1) is 11.2. The van der Waals surface area contributed by atoms with E-state index in [1.165, 1.54) is 0 Å². The maximum atomic E-state index is 5.97. The molecule has 0 aliphatic carbocycles. The lowest BCUT2D eigenvalue weighted by atomic mass is 10.1. The molecule has 1 atom stereocenters. The minimum Gasteiger partial charge on any atom is -0.450 e. The number of nitrogens with one attached hydrogen (secondary N) is 1. The van der Waals surface area contributed by atoms with Gasteiger partial charge in [0.2, 0.25) is 0 Å². The molecule has 0 bridgehead atoms. The maximum absolute atomic E-state index is 5.97. The van der Waals surface area contributed by atoms with Crippen LogP contribution in [0.15, 0.2) is 46.4 Å². The molecule has 0 saturated heterocycles. The standard InChI is InChI=1S/C18H19N3O2/c1-11(19-2)12-5-7-14-16(9-12)22-15-8-6-13(10-17(15)23-14)18(20-3)21-4/h5-11H,2H2,1,3-4H3,(H,20,21). The molecule has 5 heteroatoms. The van der Waals surface area contributed by atoms with E-state index in [2.05, 4.69) is 22.0 Å². The number of rotatable bonds is 3. The van der Waals surface area contributed by atoms with Crippen molar-refractivity contribution in [3.8, 4) is 23.0 Å². The minimum atomic E-state index is 0.0200. The molecule has 0 radical (unpaired) electrons. The Labute approximate surface area is 135 Å². The Kier molecular flexibility index (Phi) is 4.02. The molecule has 0 fully saturated rings. The van der Waals surface area contributed by atoms with Crippen LogP contribution in [0.5, 0.6) is 23.0 Å². The van der Waals surface area contributed by atoms with Crippen molar-refractivity contribution in [2.75, 3.05) is 14.1 Å². The molecule has 1 heterocycles. The van der Waals surface area contributed by atoms with Crippen LogP contribution in [-0.2, 0) is 0 Å². The topological polar surface area (TPSA) is 55.2 Å². The fourth-order valence-electron chi connectivity index (χ4n) is 2.50. The van der Waals surface area contributed by atoms with Crippen molar-refractivity contribution >= 4 is 12.6 Å². The number of amidine groups is 1. The van der Waals surface area contributed by atoms with Gasteiger partial charge < -0.3 is 14.8 Å². The molecule has 1 N–H and O–H groups in total. The lowest BCUT2D eigenvalue weighted by Crippen LogP contribution is -2.19. The summed E-state index contributed by atoms with van der Waals surface area (Å²) in [6.45, 7) is 5.58. The van der Waals surface area contributed by atoms with Crippen molar-refractivity contribution in [1.29, 1.82) is 0 Å². The van der Waals surface area contributed by atoms with E-state index in [0.717, 1.165) is 17.0 Å². The van der Waals surface area contributed by atoms with Crippen LogP contribution >= 0.6 is 0 Å². The van der Waals surface area contributed by atoms with Crippen LogP contribution in [-0.4, -0.2) is 26.6 Å². The first-order valence-electron chi connectivity index (χ1n) is 7.40. The number of hydrogen-bond donors (Lipinski definition) is 1. The van der Waals surface area contributed by atoms with Crippen molar-refractivity contribution in [3.05, 3.63) is 47.5 Å². The summed E-state index contributed by atoms with van der Waals surface area (Å²) in [5, 5.41) is 3.06. The Hall–Kier alpha value is -2.82. The summed E-state index contributed by atoms with van der Waals surface area (Å²) in [5.41, 5.74) is 1.99. The van der Waals surface area contributed by atoms with E-state index in [1.807, 2.05) is 50.4 Å². The molecule has 1 unspecified atom stereocenters. The van der Waals surface area contributed by atoms with Crippen LogP contribution in [0.1, 0.15) is 24.1 Å². The van der Waals surface area contributed by atoms with Crippen LogP contribution in [0.3, 0.4) is 0 Å². The summed E-state index contributed by atoms with van der Waals surface area (Å²) in [4.78, 5) is 8.24. The third-order valence-corrected chi connectivity index (χ3v) is 3.84. The van der Waals surface area contributed by atoms with E-state index in [-0.39, 0.29) is 6.04 Å². The monoisotopic (exact) mass is 309 g/mol. The van der Waals surface area contributed by atoms with Crippen molar-refractivity contribution in [3.63, 3.8) is 0 Å². The third-order valence-electron chi connectivity index (χ3n) is 3.84. The number of hydrogen-bond acceptors (Lipinski definition) is 4. The van der Waals surface area contributed by atoms with E-state index in [9.17, 15) is 0 Å². The average Bonchev–Trinajstić information content (AvgIpc) is 2.59. The Morgan fingerprint density at radius 2 is 1.70 bits per heavy atom. The molecular formula is C18H19N3O2. The molecule has 2 aromatic rings. The van der Waals surface area contributed by atoms with E-state index in [4.69, 9.17) is 9.47 Å². The van der Waals surface area contributed by atoms with Gasteiger partial charge in [-0.25, -0.2) is 0 Å². The van der Waals surface area contributed by atoms with Crippen molar-refractivity contribution < 1.29 is 9.47 Å². The molecule has 118 valence electrons. The Morgan fingerprint density at radius 1 is 1.04 bits per heavy atom. The van der Waals surface area contributed by atoms with Gasteiger partial charge in [-0.3, -0.25) is 9.98 Å². The second-order valence-corrected chi connectivity index (χ2v) is 5.25. The molecule has 3 rings (SSSR count). The van der Waals surface area contributed by atoms with Crippen molar-refractivity contribution in [1.82, 2.24) is 5.32 Å². The van der Waals surface area contributed by atoms with E-state index >= 15 is 0 Å². The van der Waals surface area contributed by atoms with Crippen molar-refractivity contribution in [2.24, 2.45) is 9.98 Å². The number of nitrogens with zero attached hydrogens (tertiary/aromatic N) is 2. The zero-order valence-electron chi connectivity index (χ0n) is 13.5. The highest BCUT2D eigenvalue weighted by molar-refractivity contribution is 5.99. The molecule has 23 heavy (non-hydrogen) atoms. The van der Waals surface area contributed by atoms with Gasteiger partial charge in [0.05, 0.1) is 6.04 Å². The summed E-state index contributed by atoms with van der Waals surface area (Å²) < 4.78 is 11.9. The van der Waals surface area contributed by atoms with Crippen molar-refractivity contribution in [2.45, 2.75) is 13.0 Å². The Balaban J connectivity index is 1.95. The molecule has 1 aliphatic heterocycles. The average molecular weight is 309 g/mol. The predicted molar refractivity (Wildman–Crippen MR) is 92.5 cm³/mol. The van der Waals surface area contributed by atoms with Gasteiger partial charge in [0.25, 0.3) is 0 Å². The smallest absolute Gasteiger partial charge is 0.170 e. The molecule has 0 saturated carbocycles. The lowest BCUT2D eigenvalue weighted by molar-refractivity contribution is 0.359. The van der Waals surface area contributed by atoms with Gasteiger partial charge in [-0.15, -0.1) is 0 Å². The summed E-state index contributed by atoms with van der Waals surface area (Å²) in [7, 11) is 3.58. The van der Waals surface area contributed by atoms with Gasteiger partial charge in [0.1, 0.15) is 5.84 Å². The lowest BCUT2D eigenvalue weighted by Gasteiger charge is -2.22. The molecule has 1 aliphatic rings. The van der Waals surface area contributed by atoms with Gasteiger partial charge >= 0.3 is 0 Å². The van der Waals surface area contributed by atoms with E-state index in [1.54, 1.807) is 7.05 Å². The third kappa shape index (κ3) is 2.77. The fourth-order valence-corrected chi connectivity index (χ4v) is 2.50. The van der Waals surface area contributed by atoms with Gasteiger partial charge in [-0.2, -0.15) is 0 Å². The fraction of sp³-hybridized carbons (Fsp3) is 0.222. The number of fused-ring (bicyclic) bond motifs is 2. The number of aliphatic imine (C=N–C) groups is 2. The van der Waals surface area contributed by atoms with Crippen LogP contribution in [0.2, 0.25) is 0 Å². The zero-order chi connectivity index (χ0) is 16.4.